The maximum Gasteiger partial charge on any atom is 0.345 e. The lowest BCUT2D eigenvalue weighted by molar-refractivity contribution is -0.153. The zero-order valence-electron chi connectivity index (χ0n) is 12.7. The van der Waals surface area contributed by atoms with Crippen molar-refractivity contribution in [3.05, 3.63) is 16.0 Å². The lowest BCUT2D eigenvalue weighted by atomic mass is 9.72. The number of nitrogens with zero attached hydrogens (tertiary/aromatic N) is 1. The highest BCUT2D eigenvalue weighted by molar-refractivity contribution is 7.16. The number of nitrogen functional groups attached to an aromatic ring is 1. The van der Waals surface area contributed by atoms with E-state index in [0.29, 0.717) is 29.8 Å². The Kier molecular flexibility index (Phi) is 5.55. The molecule has 1 aliphatic rings. The molecule has 1 aliphatic carbocycles. The van der Waals surface area contributed by atoms with E-state index in [4.69, 9.17) is 15.7 Å². The number of fused-ring (bicyclic) bond motifs is 1. The molecule has 0 aromatic carbocycles. The first kappa shape index (κ1) is 17.6. The lowest BCUT2D eigenvalue weighted by Crippen LogP contribution is -2.34. The van der Waals surface area contributed by atoms with Gasteiger partial charge in [-0.05, 0) is 31.7 Å². The predicted molar refractivity (Wildman–Crippen MR) is 81.3 cm³/mol. The van der Waals surface area contributed by atoms with Crippen LogP contribution in [0.1, 0.15) is 40.6 Å². The van der Waals surface area contributed by atoms with E-state index in [2.05, 4.69) is 10.8 Å². The summed E-state index contributed by atoms with van der Waals surface area (Å²) in [5, 5.41) is 9.40. The third-order valence-corrected chi connectivity index (χ3v) is 5.07. The molecular weight excluding hydrogens is 326 g/mol. The van der Waals surface area contributed by atoms with Crippen molar-refractivity contribution in [2.24, 2.45) is 5.41 Å². The topological polar surface area (TPSA) is 85.3 Å². The molecule has 126 valence electrons. The number of thiophene rings is 1. The molecule has 8 heteroatoms. The van der Waals surface area contributed by atoms with Gasteiger partial charge in [-0.15, -0.1) is 11.3 Å². The van der Waals surface area contributed by atoms with Crippen molar-refractivity contribution in [1.29, 1.82) is 5.26 Å². The number of hydrogen-bond acceptors (Lipinski definition) is 6. The first-order valence-corrected chi connectivity index (χ1v) is 8.08. The second-order valence-electron chi connectivity index (χ2n) is 5.55. The molecule has 0 amide bonds. The molecule has 5 nitrogen and oxygen atoms in total. The number of carbonyl (C=O) groups excluding carboxylic acids is 1. The van der Waals surface area contributed by atoms with Gasteiger partial charge in [-0.3, -0.25) is 0 Å². The maximum absolute atomic E-state index is 12.4. The zero-order valence-corrected chi connectivity index (χ0v) is 13.5. The molecule has 1 aromatic rings. The highest BCUT2D eigenvalue weighted by Gasteiger charge is 2.39. The maximum atomic E-state index is 12.4. The quantitative estimate of drug-likeness (QED) is 0.801. The SMILES string of the molecule is CCOC(=O)c1c(N)sc2c1CCC(CC#N)(COC(F)F)C2. The number of rotatable bonds is 6. The van der Waals surface area contributed by atoms with Crippen LogP contribution in [0.3, 0.4) is 0 Å². The molecule has 23 heavy (non-hydrogen) atoms. The van der Waals surface area contributed by atoms with E-state index in [1.54, 1.807) is 6.92 Å². The van der Waals surface area contributed by atoms with Gasteiger partial charge in [0.05, 0.1) is 24.8 Å². The summed E-state index contributed by atoms with van der Waals surface area (Å²) in [7, 11) is 0. The van der Waals surface area contributed by atoms with Crippen LogP contribution in [0.15, 0.2) is 0 Å². The van der Waals surface area contributed by atoms with Crippen molar-refractivity contribution < 1.29 is 23.0 Å². The van der Waals surface area contributed by atoms with E-state index in [-0.39, 0.29) is 19.6 Å². The first-order chi connectivity index (χ1) is 10.9. The van der Waals surface area contributed by atoms with Gasteiger partial charge in [0.15, 0.2) is 0 Å². The number of alkyl halides is 2. The lowest BCUT2D eigenvalue weighted by Gasteiger charge is -2.35. The molecule has 1 aromatic heterocycles. The second-order valence-corrected chi connectivity index (χ2v) is 6.68. The van der Waals surface area contributed by atoms with Gasteiger partial charge in [-0.25, -0.2) is 4.79 Å². The van der Waals surface area contributed by atoms with Gasteiger partial charge in [0, 0.05) is 16.7 Å². The standard InChI is InChI=1S/C15H18F2N2O3S/c1-2-21-13(20)11-9-3-4-15(5-6-18,8-22-14(16)17)7-10(9)23-12(11)19/h14H,2-5,7-8,19H2,1H3. The highest BCUT2D eigenvalue weighted by Crippen LogP contribution is 2.45. The number of hydrogen-bond donors (Lipinski definition) is 1. The summed E-state index contributed by atoms with van der Waals surface area (Å²) in [6, 6.07) is 2.05. The molecule has 2 rings (SSSR count). The summed E-state index contributed by atoms with van der Waals surface area (Å²) in [5.41, 5.74) is 6.47. The Bertz CT molecular complexity index is 627. The molecule has 0 saturated carbocycles. The average molecular weight is 344 g/mol. The largest absolute Gasteiger partial charge is 0.462 e. The normalized spacial score (nSPS) is 20.1. The van der Waals surface area contributed by atoms with Crippen molar-refractivity contribution in [1.82, 2.24) is 0 Å². The molecule has 0 fully saturated rings. The number of nitrogens with two attached hydrogens (primary N) is 1. The number of ether oxygens (including phenoxy) is 2. The van der Waals surface area contributed by atoms with Crippen LogP contribution >= 0.6 is 11.3 Å². The van der Waals surface area contributed by atoms with Crippen LogP contribution in [-0.2, 0) is 22.3 Å². The fourth-order valence-electron chi connectivity index (χ4n) is 2.92. The third kappa shape index (κ3) is 3.79. The van der Waals surface area contributed by atoms with E-state index in [0.717, 1.165) is 10.4 Å². The monoisotopic (exact) mass is 344 g/mol. The van der Waals surface area contributed by atoms with Crippen molar-refractivity contribution in [2.45, 2.75) is 39.2 Å². The van der Waals surface area contributed by atoms with E-state index < -0.39 is 18.0 Å². The van der Waals surface area contributed by atoms with Gasteiger partial charge in [-0.2, -0.15) is 14.0 Å². The Morgan fingerprint density at radius 3 is 2.91 bits per heavy atom. The molecule has 0 bridgehead atoms. The molecule has 0 saturated heterocycles. The molecule has 0 radical (unpaired) electrons. The van der Waals surface area contributed by atoms with E-state index in [1.165, 1.54) is 11.3 Å². The number of halogens is 2. The Morgan fingerprint density at radius 2 is 2.30 bits per heavy atom. The Hall–Kier alpha value is -1.72. The van der Waals surface area contributed by atoms with Gasteiger partial charge < -0.3 is 15.2 Å². The highest BCUT2D eigenvalue weighted by atomic mass is 32.1. The molecule has 2 N–H and O–H groups in total. The van der Waals surface area contributed by atoms with Crippen LogP contribution in [-0.4, -0.2) is 25.8 Å². The van der Waals surface area contributed by atoms with Gasteiger partial charge in [-0.1, -0.05) is 0 Å². The number of anilines is 1. The minimum Gasteiger partial charge on any atom is -0.462 e. The number of nitriles is 1. The smallest absolute Gasteiger partial charge is 0.345 e. The van der Waals surface area contributed by atoms with Crippen molar-refractivity contribution in [2.75, 3.05) is 18.9 Å². The molecule has 1 heterocycles. The third-order valence-electron chi connectivity index (χ3n) is 4.01. The van der Waals surface area contributed by atoms with Crippen LogP contribution in [0, 0.1) is 16.7 Å². The van der Waals surface area contributed by atoms with Crippen LogP contribution in [0.4, 0.5) is 13.8 Å². The van der Waals surface area contributed by atoms with E-state index in [1.807, 2.05) is 0 Å². The van der Waals surface area contributed by atoms with Crippen molar-refractivity contribution >= 4 is 22.3 Å². The van der Waals surface area contributed by atoms with E-state index >= 15 is 0 Å². The molecule has 1 atom stereocenters. The van der Waals surface area contributed by atoms with Gasteiger partial charge in [0.2, 0.25) is 0 Å². The van der Waals surface area contributed by atoms with Crippen molar-refractivity contribution in [3.8, 4) is 6.07 Å². The van der Waals surface area contributed by atoms with Crippen LogP contribution in [0.5, 0.6) is 0 Å². The molecular formula is C15H18F2N2O3S. The number of carbonyl (C=O) groups is 1. The number of esters is 1. The van der Waals surface area contributed by atoms with Gasteiger partial charge in [0.1, 0.15) is 5.00 Å². The fraction of sp³-hybridized carbons (Fsp3) is 0.600. The van der Waals surface area contributed by atoms with Crippen LogP contribution < -0.4 is 5.73 Å². The fourth-order valence-corrected chi connectivity index (χ4v) is 4.20. The Labute approximate surface area is 137 Å². The van der Waals surface area contributed by atoms with Gasteiger partial charge >= 0.3 is 12.6 Å². The van der Waals surface area contributed by atoms with Crippen LogP contribution in [0.25, 0.3) is 0 Å². The second kappa shape index (κ2) is 7.23. The Morgan fingerprint density at radius 1 is 1.57 bits per heavy atom. The minimum absolute atomic E-state index is 0.117. The summed E-state index contributed by atoms with van der Waals surface area (Å²) in [6.45, 7) is -1.09. The first-order valence-electron chi connectivity index (χ1n) is 7.26. The summed E-state index contributed by atoms with van der Waals surface area (Å²) in [4.78, 5) is 12.9. The molecule has 0 spiro atoms. The summed E-state index contributed by atoms with van der Waals surface area (Å²) < 4.78 is 34.2. The Balaban J connectivity index is 2.27. The van der Waals surface area contributed by atoms with Crippen molar-refractivity contribution in [3.63, 3.8) is 0 Å². The summed E-state index contributed by atoms with van der Waals surface area (Å²) >= 11 is 1.26. The summed E-state index contributed by atoms with van der Waals surface area (Å²) in [5.74, 6) is -0.459. The minimum atomic E-state index is -2.87. The molecule has 0 aliphatic heterocycles. The van der Waals surface area contributed by atoms with Crippen LogP contribution in [0.2, 0.25) is 0 Å². The zero-order chi connectivity index (χ0) is 17.0. The predicted octanol–water partition coefficient (Wildman–Crippen LogP) is 3.13. The average Bonchev–Trinajstić information content (AvgIpc) is 2.80. The summed E-state index contributed by atoms with van der Waals surface area (Å²) in [6.07, 6.45) is 1.50. The molecule has 1 unspecified atom stereocenters. The van der Waals surface area contributed by atoms with E-state index in [9.17, 15) is 13.6 Å². The van der Waals surface area contributed by atoms with Gasteiger partial charge in [0.25, 0.3) is 0 Å².